The summed E-state index contributed by atoms with van der Waals surface area (Å²) < 4.78 is 0. The van der Waals surface area contributed by atoms with Gasteiger partial charge >= 0.3 is 6.09 Å². The van der Waals surface area contributed by atoms with Gasteiger partial charge in [0, 0.05) is 17.8 Å². The predicted molar refractivity (Wildman–Crippen MR) is 117 cm³/mol. The van der Waals surface area contributed by atoms with E-state index in [2.05, 4.69) is 5.43 Å². The smallest absolute Gasteiger partial charge is 0.407 e. The fourth-order valence-corrected chi connectivity index (χ4v) is 4.12. The Hall–Kier alpha value is -3.39. The molecule has 2 aromatic rings. The molecule has 2 atom stereocenters. The first kappa shape index (κ1) is 22.3. The van der Waals surface area contributed by atoms with E-state index in [-0.39, 0.29) is 17.9 Å². The first-order valence-corrected chi connectivity index (χ1v) is 10.1. The van der Waals surface area contributed by atoms with E-state index < -0.39 is 24.0 Å². The second kappa shape index (κ2) is 8.77. The Balaban J connectivity index is 1.89. The third-order valence-corrected chi connectivity index (χ3v) is 5.58. The van der Waals surface area contributed by atoms with E-state index in [4.69, 9.17) is 5.84 Å². The molecule has 3 amide bonds. The molecule has 0 radical (unpaired) electrons. The molecule has 164 valence electrons. The van der Waals surface area contributed by atoms with E-state index in [1.165, 1.54) is 4.90 Å². The van der Waals surface area contributed by atoms with Crippen molar-refractivity contribution in [2.75, 3.05) is 11.4 Å². The Bertz CT molecular complexity index is 954. The maximum Gasteiger partial charge on any atom is 0.407 e. The summed E-state index contributed by atoms with van der Waals surface area (Å²) in [6.45, 7) is 6.31. The van der Waals surface area contributed by atoms with Crippen molar-refractivity contribution in [2.45, 2.75) is 33.4 Å². The number of benzene rings is 2. The van der Waals surface area contributed by atoms with Gasteiger partial charge in [-0.25, -0.2) is 10.6 Å². The largest absolute Gasteiger partial charge is 0.465 e. The topological polar surface area (TPSA) is 116 Å². The Morgan fingerprint density at radius 2 is 1.71 bits per heavy atom. The quantitative estimate of drug-likeness (QED) is 0.388. The minimum atomic E-state index is -1.01. The number of hydrogen-bond acceptors (Lipinski definition) is 4. The van der Waals surface area contributed by atoms with Gasteiger partial charge in [0.25, 0.3) is 5.91 Å². The predicted octanol–water partition coefficient (Wildman–Crippen LogP) is 2.85. The zero-order chi connectivity index (χ0) is 22.8. The Morgan fingerprint density at radius 1 is 1.10 bits per heavy atom. The molecule has 2 aromatic carbocycles. The number of nitrogens with one attached hydrogen (secondary N) is 1. The highest BCUT2D eigenvalue weighted by atomic mass is 16.4. The summed E-state index contributed by atoms with van der Waals surface area (Å²) in [7, 11) is 0. The molecule has 3 rings (SSSR count). The van der Waals surface area contributed by atoms with Crippen molar-refractivity contribution in [3.8, 4) is 0 Å². The number of nitrogens with two attached hydrogens (primary N) is 1. The van der Waals surface area contributed by atoms with E-state index in [9.17, 15) is 19.5 Å². The van der Waals surface area contributed by atoms with E-state index in [1.807, 2.05) is 51.1 Å². The van der Waals surface area contributed by atoms with Crippen LogP contribution in [0.15, 0.2) is 54.6 Å². The lowest BCUT2D eigenvalue weighted by atomic mass is 9.71. The monoisotopic (exact) mass is 424 g/mol. The number of nitrogens with zero attached hydrogens (tertiary/aromatic N) is 2. The summed E-state index contributed by atoms with van der Waals surface area (Å²) in [6, 6.07) is 15.8. The molecule has 0 aliphatic carbocycles. The van der Waals surface area contributed by atoms with Gasteiger partial charge in [0.1, 0.15) is 0 Å². The first-order chi connectivity index (χ1) is 14.6. The van der Waals surface area contributed by atoms with Crippen molar-refractivity contribution < 1.29 is 19.5 Å². The fraction of sp³-hybridized carbons (Fsp3) is 0.348. The molecule has 1 saturated heterocycles. The maximum absolute atomic E-state index is 13.6. The number of carbonyl (C=O) groups excluding carboxylic acids is 2. The van der Waals surface area contributed by atoms with Gasteiger partial charge in [0.2, 0.25) is 5.91 Å². The van der Waals surface area contributed by atoms with E-state index in [0.29, 0.717) is 12.1 Å². The van der Waals surface area contributed by atoms with Crippen LogP contribution in [0.3, 0.4) is 0 Å². The average Bonchev–Trinajstić information content (AvgIpc) is 2.70. The van der Waals surface area contributed by atoms with Crippen LogP contribution in [0.1, 0.15) is 36.7 Å². The second-order valence-corrected chi connectivity index (χ2v) is 8.78. The normalized spacial score (nSPS) is 18.1. The lowest BCUT2D eigenvalue weighted by Gasteiger charge is -2.52. The van der Waals surface area contributed by atoms with Gasteiger partial charge in [-0.05, 0) is 35.2 Å². The first-order valence-electron chi connectivity index (χ1n) is 10.1. The van der Waals surface area contributed by atoms with E-state index >= 15 is 0 Å². The molecule has 0 bridgehead atoms. The lowest BCUT2D eigenvalue weighted by Crippen LogP contribution is -2.67. The zero-order valence-corrected chi connectivity index (χ0v) is 17.9. The number of nitrogen functional groups attached to an aromatic ring is 1. The van der Waals surface area contributed by atoms with Gasteiger partial charge in [-0.2, -0.15) is 0 Å². The van der Waals surface area contributed by atoms with Crippen LogP contribution in [0.5, 0.6) is 0 Å². The number of rotatable bonds is 5. The summed E-state index contributed by atoms with van der Waals surface area (Å²) >= 11 is 0. The summed E-state index contributed by atoms with van der Waals surface area (Å²) in [5.41, 5.74) is 3.71. The molecular weight excluding hydrogens is 396 g/mol. The standard InChI is InChI=1S/C23H28N4O4/c1-23(2,3)19-18(14-27(19)22(30)31)21(29)26(17-7-5-4-6-8-17)13-15-9-11-16(12-10-15)20(28)25-24/h4-12,18-19H,13-14,24H2,1-3H3,(H,25,28)(H,30,31). The molecule has 2 unspecified atom stereocenters. The van der Waals surface area contributed by atoms with Crippen molar-refractivity contribution in [1.29, 1.82) is 0 Å². The Morgan fingerprint density at radius 3 is 2.23 bits per heavy atom. The summed E-state index contributed by atoms with van der Waals surface area (Å²) in [5, 5.41) is 9.51. The summed E-state index contributed by atoms with van der Waals surface area (Å²) in [4.78, 5) is 39.9. The molecule has 8 heteroatoms. The highest BCUT2D eigenvalue weighted by Crippen LogP contribution is 2.40. The van der Waals surface area contributed by atoms with Gasteiger partial charge in [-0.15, -0.1) is 0 Å². The van der Waals surface area contributed by atoms with Crippen LogP contribution < -0.4 is 16.2 Å². The van der Waals surface area contributed by atoms with Gasteiger partial charge in [-0.3, -0.25) is 15.0 Å². The Kier molecular flexibility index (Phi) is 6.31. The molecule has 0 aromatic heterocycles. The molecule has 4 N–H and O–H groups in total. The van der Waals surface area contributed by atoms with Crippen LogP contribution in [0, 0.1) is 11.3 Å². The SMILES string of the molecule is CC(C)(C)C1C(C(=O)N(Cc2ccc(C(=O)NN)cc2)c2ccccc2)CN1C(=O)O. The van der Waals surface area contributed by atoms with Gasteiger partial charge in [-0.1, -0.05) is 51.1 Å². The third-order valence-electron chi connectivity index (χ3n) is 5.58. The molecule has 31 heavy (non-hydrogen) atoms. The lowest BCUT2D eigenvalue weighted by molar-refractivity contribution is -0.135. The van der Waals surface area contributed by atoms with Crippen LogP contribution in [0.25, 0.3) is 0 Å². The van der Waals surface area contributed by atoms with Gasteiger partial charge < -0.3 is 14.9 Å². The molecule has 1 fully saturated rings. The van der Waals surface area contributed by atoms with Crippen molar-refractivity contribution in [3.63, 3.8) is 0 Å². The van der Waals surface area contributed by atoms with Crippen LogP contribution in [0.4, 0.5) is 10.5 Å². The number of carbonyl (C=O) groups is 3. The molecule has 8 nitrogen and oxygen atoms in total. The highest BCUT2D eigenvalue weighted by Gasteiger charge is 2.52. The number of hydrazine groups is 1. The van der Waals surface area contributed by atoms with Crippen LogP contribution in [0.2, 0.25) is 0 Å². The van der Waals surface area contributed by atoms with Crippen LogP contribution in [-0.4, -0.2) is 40.5 Å². The number of carboxylic acid groups (broad SMARTS) is 1. The van der Waals surface area contributed by atoms with Crippen molar-refractivity contribution in [1.82, 2.24) is 10.3 Å². The molecule has 0 spiro atoms. The number of para-hydroxylation sites is 1. The second-order valence-electron chi connectivity index (χ2n) is 8.78. The molecule has 1 heterocycles. The molecular formula is C23H28N4O4. The minimum Gasteiger partial charge on any atom is -0.465 e. The minimum absolute atomic E-state index is 0.118. The number of likely N-dealkylation sites (tertiary alicyclic amines) is 1. The fourth-order valence-electron chi connectivity index (χ4n) is 4.12. The maximum atomic E-state index is 13.6. The average molecular weight is 425 g/mol. The van der Waals surface area contributed by atoms with E-state index in [0.717, 1.165) is 11.3 Å². The van der Waals surface area contributed by atoms with Crippen molar-refractivity contribution in [3.05, 3.63) is 65.7 Å². The number of amides is 3. The van der Waals surface area contributed by atoms with Crippen molar-refractivity contribution >= 4 is 23.6 Å². The number of hydrogen-bond donors (Lipinski definition) is 3. The zero-order valence-electron chi connectivity index (χ0n) is 17.9. The Labute approximate surface area is 181 Å². The van der Waals surface area contributed by atoms with Crippen LogP contribution >= 0.6 is 0 Å². The summed E-state index contributed by atoms with van der Waals surface area (Å²) in [6.07, 6.45) is -1.01. The molecule has 1 aliphatic heterocycles. The van der Waals surface area contributed by atoms with E-state index in [1.54, 1.807) is 29.2 Å². The van der Waals surface area contributed by atoms with Gasteiger partial charge in [0.15, 0.2) is 0 Å². The molecule has 1 aliphatic rings. The van der Waals surface area contributed by atoms with Crippen LogP contribution in [-0.2, 0) is 11.3 Å². The third kappa shape index (κ3) is 4.69. The molecule has 0 saturated carbocycles. The van der Waals surface area contributed by atoms with Crippen molar-refractivity contribution in [2.24, 2.45) is 17.2 Å². The summed E-state index contributed by atoms with van der Waals surface area (Å²) in [5.74, 6) is 4.24. The highest BCUT2D eigenvalue weighted by molar-refractivity contribution is 5.97. The van der Waals surface area contributed by atoms with Gasteiger partial charge in [0.05, 0.1) is 18.5 Å². The number of anilines is 1.